The fraction of sp³-hybridized carbons (Fsp3) is 0.172. The Bertz CT molecular complexity index is 1640. The Hall–Kier alpha value is -4.12. The average molecular weight is 446 g/mol. The molecular formula is C29H18O5. The molecule has 164 valence electrons. The van der Waals surface area contributed by atoms with Gasteiger partial charge < -0.3 is 4.74 Å². The monoisotopic (exact) mass is 446 g/mol. The summed E-state index contributed by atoms with van der Waals surface area (Å²) in [6.07, 6.45) is -0.110. The number of hydrogen-bond donors (Lipinski definition) is 0. The molecule has 5 aromatic carbocycles. The Balaban J connectivity index is 1.93. The zero-order valence-corrected chi connectivity index (χ0v) is 19.1. The lowest BCUT2D eigenvalue weighted by Crippen LogP contribution is -2.21. The van der Waals surface area contributed by atoms with E-state index in [1.54, 1.807) is 12.1 Å². The topological polar surface area (TPSA) is 77.5 Å². The first kappa shape index (κ1) is 19.4. The van der Waals surface area contributed by atoms with E-state index in [4.69, 9.17) is 4.74 Å². The van der Waals surface area contributed by atoms with E-state index in [2.05, 4.69) is 0 Å². The molecule has 0 saturated carbocycles. The fourth-order valence-corrected chi connectivity index (χ4v) is 6.39. The SMILES string of the molecule is Cc1cc2c3c(cc(C)c4c5c(C)cc6c7c(cc(C)c(c1c34)c75)C(=O)OC6=O)C(=O)CC2=O. The molecule has 1 aliphatic heterocycles. The van der Waals surface area contributed by atoms with E-state index in [9.17, 15) is 19.2 Å². The first-order chi connectivity index (χ1) is 16.2. The largest absolute Gasteiger partial charge is 0.386 e. The molecule has 34 heavy (non-hydrogen) atoms. The number of hydrogen-bond acceptors (Lipinski definition) is 5. The second-order valence-electron chi connectivity index (χ2n) is 9.66. The Morgan fingerprint density at radius 3 is 1.18 bits per heavy atom. The summed E-state index contributed by atoms with van der Waals surface area (Å²) in [4.78, 5) is 51.3. The van der Waals surface area contributed by atoms with Crippen molar-refractivity contribution in [2.75, 3.05) is 0 Å². The highest BCUT2D eigenvalue weighted by Gasteiger charge is 2.34. The normalized spacial score (nSPS) is 15.4. The van der Waals surface area contributed by atoms with Gasteiger partial charge in [-0.2, -0.15) is 0 Å². The zero-order valence-electron chi connectivity index (χ0n) is 19.1. The van der Waals surface area contributed by atoms with Crippen molar-refractivity contribution in [2.24, 2.45) is 0 Å². The number of esters is 2. The molecule has 0 spiro atoms. The van der Waals surface area contributed by atoms with Crippen molar-refractivity contribution in [1.82, 2.24) is 0 Å². The summed E-state index contributed by atoms with van der Waals surface area (Å²) in [5.74, 6) is -1.58. The highest BCUT2D eigenvalue weighted by Crippen LogP contribution is 2.50. The first-order valence-electron chi connectivity index (χ1n) is 11.2. The number of carbonyl (C=O) groups is 4. The van der Waals surface area contributed by atoms with Gasteiger partial charge in [0.15, 0.2) is 11.6 Å². The van der Waals surface area contributed by atoms with Crippen LogP contribution >= 0.6 is 0 Å². The molecule has 0 aromatic heterocycles. The van der Waals surface area contributed by atoms with Crippen molar-refractivity contribution < 1.29 is 23.9 Å². The summed E-state index contributed by atoms with van der Waals surface area (Å²) in [5, 5.41) is 6.92. The van der Waals surface area contributed by atoms with Gasteiger partial charge in [-0.1, -0.05) is 0 Å². The molecule has 5 nitrogen and oxygen atoms in total. The van der Waals surface area contributed by atoms with Crippen LogP contribution in [-0.2, 0) is 4.74 Å². The van der Waals surface area contributed by atoms with E-state index in [1.807, 2.05) is 39.8 Å². The standard InChI is InChI=1S/C29H18O5/c1-10-5-14-18(30)9-19(31)15-6-11(2)21-23-13(4)8-17-25-16(28(32)34-29(17)33)7-12(3)22(27(23)25)20(10)26(21)24(14)15/h5-8H,9H2,1-4H3. The molecule has 0 atom stereocenters. The molecule has 5 aromatic rings. The van der Waals surface area contributed by atoms with Gasteiger partial charge in [0.05, 0.1) is 17.5 Å². The van der Waals surface area contributed by atoms with Crippen LogP contribution in [-0.4, -0.2) is 23.5 Å². The van der Waals surface area contributed by atoms with E-state index in [-0.39, 0.29) is 18.0 Å². The third-order valence-corrected chi connectivity index (χ3v) is 7.65. The summed E-state index contributed by atoms with van der Waals surface area (Å²) in [5.41, 5.74) is 5.59. The van der Waals surface area contributed by atoms with Crippen molar-refractivity contribution in [3.63, 3.8) is 0 Å². The molecule has 0 saturated heterocycles. The molecule has 1 heterocycles. The molecule has 0 N–H and O–H groups in total. The summed E-state index contributed by atoms with van der Waals surface area (Å²) in [6.45, 7) is 7.85. The molecule has 0 bridgehead atoms. The van der Waals surface area contributed by atoms with E-state index in [0.717, 1.165) is 60.0 Å². The van der Waals surface area contributed by atoms with E-state index >= 15 is 0 Å². The van der Waals surface area contributed by atoms with Gasteiger partial charge in [-0.15, -0.1) is 0 Å². The minimum atomic E-state index is -0.636. The van der Waals surface area contributed by atoms with Gasteiger partial charge in [0, 0.05) is 21.9 Å². The minimum absolute atomic E-state index is 0.110. The molecule has 0 amide bonds. The number of Topliss-reactive ketones (excluding diaryl/α,β-unsaturated/α-hetero) is 2. The quantitative estimate of drug-likeness (QED) is 0.125. The minimum Gasteiger partial charge on any atom is -0.386 e. The van der Waals surface area contributed by atoms with Gasteiger partial charge in [-0.05, 0) is 107 Å². The van der Waals surface area contributed by atoms with E-state index in [0.29, 0.717) is 27.6 Å². The maximum absolute atomic E-state index is 12.9. The summed E-state index contributed by atoms with van der Waals surface area (Å²) in [6, 6.07) is 7.36. The lowest BCUT2D eigenvalue weighted by Gasteiger charge is -2.27. The summed E-state index contributed by atoms with van der Waals surface area (Å²) in [7, 11) is 0. The van der Waals surface area contributed by atoms with Crippen LogP contribution < -0.4 is 0 Å². The molecule has 2 aliphatic rings. The average Bonchev–Trinajstić information content (AvgIpc) is 2.77. The third kappa shape index (κ3) is 2.02. The Labute approximate surface area is 193 Å². The molecule has 5 heteroatoms. The maximum Gasteiger partial charge on any atom is 0.346 e. The van der Waals surface area contributed by atoms with Crippen LogP contribution in [0.15, 0.2) is 24.3 Å². The van der Waals surface area contributed by atoms with Gasteiger partial charge in [-0.25, -0.2) is 9.59 Å². The number of ether oxygens (including phenoxy) is 1. The van der Waals surface area contributed by atoms with Crippen LogP contribution in [0.3, 0.4) is 0 Å². The second kappa shape index (κ2) is 5.86. The predicted octanol–water partition coefficient (Wildman–Crippen LogP) is 6.05. The summed E-state index contributed by atoms with van der Waals surface area (Å²) >= 11 is 0. The molecular weight excluding hydrogens is 428 g/mol. The number of benzene rings is 5. The zero-order chi connectivity index (χ0) is 23.8. The predicted molar refractivity (Wildman–Crippen MR) is 130 cm³/mol. The van der Waals surface area contributed by atoms with Crippen molar-refractivity contribution in [3.8, 4) is 0 Å². The van der Waals surface area contributed by atoms with Gasteiger partial charge in [-0.3, -0.25) is 9.59 Å². The van der Waals surface area contributed by atoms with Gasteiger partial charge in [0.1, 0.15) is 0 Å². The van der Waals surface area contributed by atoms with Crippen LogP contribution in [0, 0.1) is 27.7 Å². The second-order valence-corrected chi connectivity index (χ2v) is 9.66. The first-order valence-corrected chi connectivity index (χ1v) is 11.2. The fourth-order valence-electron chi connectivity index (χ4n) is 6.39. The molecule has 1 aliphatic carbocycles. The number of cyclic esters (lactones) is 2. The molecule has 0 radical (unpaired) electrons. The van der Waals surface area contributed by atoms with Crippen molar-refractivity contribution in [2.45, 2.75) is 34.1 Å². The van der Waals surface area contributed by atoms with Crippen LogP contribution in [0.25, 0.3) is 43.1 Å². The van der Waals surface area contributed by atoms with Gasteiger partial charge in [0.25, 0.3) is 0 Å². The van der Waals surface area contributed by atoms with Crippen molar-refractivity contribution >= 4 is 66.6 Å². The highest BCUT2D eigenvalue weighted by molar-refractivity contribution is 6.42. The van der Waals surface area contributed by atoms with E-state index < -0.39 is 11.9 Å². The van der Waals surface area contributed by atoms with Crippen molar-refractivity contribution in [3.05, 3.63) is 68.8 Å². The number of fused-ring (bicyclic) bond motifs is 2. The highest BCUT2D eigenvalue weighted by atomic mass is 16.6. The Kier molecular flexibility index (Phi) is 3.34. The van der Waals surface area contributed by atoms with Crippen molar-refractivity contribution in [1.29, 1.82) is 0 Å². The Morgan fingerprint density at radius 2 is 0.794 bits per heavy atom. The number of rotatable bonds is 0. The van der Waals surface area contributed by atoms with Crippen LogP contribution in [0.1, 0.15) is 70.1 Å². The molecule has 7 rings (SSSR count). The van der Waals surface area contributed by atoms with E-state index in [1.165, 1.54) is 0 Å². The lowest BCUT2D eigenvalue weighted by atomic mass is 9.76. The van der Waals surface area contributed by atoms with Crippen LogP contribution in [0.2, 0.25) is 0 Å². The summed E-state index contributed by atoms with van der Waals surface area (Å²) < 4.78 is 5.04. The molecule has 0 unspecified atom stereocenters. The number of ketones is 2. The smallest absolute Gasteiger partial charge is 0.346 e. The van der Waals surface area contributed by atoms with Gasteiger partial charge >= 0.3 is 11.9 Å². The Morgan fingerprint density at radius 1 is 0.471 bits per heavy atom. The van der Waals surface area contributed by atoms with Crippen LogP contribution in [0.4, 0.5) is 0 Å². The van der Waals surface area contributed by atoms with Gasteiger partial charge in [0.2, 0.25) is 0 Å². The number of aryl methyl sites for hydroxylation is 4. The maximum atomic E-state index is 12.9. The third-order valence-electron chi connectivity index (χ3n) is 7.65. The molecule has 0 fully saturated rings. The lowest BCUT2D eigenvalue weighted by molar-refractivity contribution is 0.0390. The number of carbonyl (C=O) groups excluding carboxylic acids is 4. The van der Waals surface area contributed by atoms with Crippen LogP contribution in [0.5, 0.6) is 0 Å².